The summed E-state index contributed by atoms with van der Waals surface area (Å²) >= 11 is 3.55. The van der Waals surface area contributed by atoms with Crippen molar-refractivity contribution in [1.29, 1.82) is 0 Å². The Labute approximate surface area is 125 Å². The van der Waals surface area contributed by atoms with Gasteiger partial charge in [0.15, 0.2) is 0 Å². The summed E-state index contributed by atoms with van der Waals surface area (Å²) < 4.78 is 1.02. The lowest BCUT2D eigenvalue weighted by Crippen LogP contribution is -2.57. The highest BCUT2D eigenvalue weighted by Crippen LogP contribution is 2.30. The molecule has 1 atom stereocenters. The maximum Gasteiger partial charge on any atom is 0.241 e. The van der Waals surface area contributed by atoms with E-state index in [9.17, 15) is 4.79 Å². The first-order valence-corrected chi connectivity index (χ1v) is 7.27. The van der Waals surface area contributed by atoms with Gasteiger partial charge < -0.3 is 16.0 Å². The van der Waals surface area contributed by atoms with E-state index in [4.69, 9.17) is 5.73 Å². The van der Waals surface area contributed by atoms with Crippen LogP contribution in [0.25, 0.3) is 10.8 Å². The SMILES string of the molecule is NC(=O)C1CNCCN1c1nccc2c(Br)cccc12. The molecule has 3 N–H and O–H groups in total. The summed E-state index contributed by atoms with van der Waals surface area (Å²) in [6.07, 6.45) is 1.77. The van der Waals surface area contributed by atoms with Gasteiger partial charge in [0.2, 0.25) is 5.91 Å². The van der Waals surface area contributed by atoms with Crippen molar-refractivity contribution >= 4 is 38.4 Å². The minimum atomic E-state index is -0.360. The molecule has 0 aliphatic carbocycles. The Kier molecular flexibility index (Phi) is 3.58. The molecule has 6 heteroatoms. The van der Waals surface area contributed by atoms with Gasteiger partial charge in [0.25, 0.3) is 0 Å². The molecule has 1 amide bonds. The number of nitrogens with one attached hydrogen (secondary N) is 1. The average Bonchev–Trinajstić information content (AvgIpc) is 2.47. The predicted molar refractivity (Wildman–Crippen MR) is 82.6 cm³/mol. The van der Waals surface area contributed by atoms with E-state index in [1.54, 1.807) is 6.20 Å². The Bertz CT molecular complexity index is 661. The molecular formula is C14H15BrN4O. The van der Waals surface area contributed by atoms with Crippen molar-refractivity contribution in [1.82, 2.24) is 10.3 Å². The molecule has 1 aliphatic rings. The van der Waals surface area contributed by atoms with Crippen molar-refractivity contribution in [2.45, 2.75) is 6.04 Å². The average molecular weight is 335 g/mol. The normalized spacial score (nSPS) is 19.2. The number of nitrogens with two attached hydrogens (primary N) is 1. The fourth-order valence-electron chi connectivity index (χ4n) is 2.59. The maximum atomic E-state index is 11.6. The number of hydrogen-bond acceptors (Lipinski definition) is 4. The molecule has 2 aromatic rings. The van der Waals surface area contributed by atoms with Crippen LogP contribution in [0.15, 0.2) is 34.9 Å². The number of aromatic nitrogens is 1. The zero-order valence-electron chi connectivity index (χ0n) is 10.8. The van der Waals surface area contributed by atoms with Crippen LogP contribution in [0, 0.1) is 0 Å². The Balaban J connectivity index is 2.13. The van der Waals surface area contributed by atoms with Crippen molar-refractivity contribution in [3.05, 3.63) is 34.9 Å². The fraction of sp³-hybridized carbons (Fsp3) is 0.286. The molecule has 0 bridgehead atoms. The molecule has 1 fully saturated rings. The number of carbonyl (C=O) groups is 1. The summed E-state index contributed by atoms with van der Waals surface area (Å²) in [5.41, 5.74) is 5.51. The van der Waals surface area contributed by atoms with Crippen LogP contribution in [0.2, 0.25) is 0 Å². The molecule has 5 nitrogen and oxygen atoms in total. The highest BCUT2D eigenvalue weighted by atomic mass is 79.9. The largest absolute Gasteiger partial charge is 0.368 e. The Morgan fingerprint density at radius 2 is 2.25 bits per heavy atom. The van der Waals surface area contributed by atoms with E-state index in [-0.39, 0.29) is 11.9 Å². The third-order valence-electron chi connectivity index (χ3n) is 3.58. The van der Waals surface area contributed by atoms with Crippen molar-refractivity contribution in [3.63, 3.8) is 0 Å². The summed E-state index contributed by atoms with van der Waals surface area (Å²) in [4.78, 5) is 18.1. The minimum Gasteiger partial charge on any atom is -0.368 e. The lowest BCUT2D eigenvalue weighted by Gasteiger charge is -2.35. The Hall–Kier alpha value is -1.66. The van der Waals surface area contributed by atoms with Crippen molar-refractivity contribution in [3.8, 4) is 0 Å². The molecule has 20 heavy (non-hydrogen) atoms. The lowest BCUT2D eigenvalue weighted by atomic mass is 10.1. The van der Waals surface area contributed by atoms with Crippen molar-refractivity contribution in [2.24, 2.45) is 5.73 Å². The molecule has 2 heterocycles. The lowest BCUT2D eigenvalue weighted by molar-refractivity contribution is -0.119. The molecule has 1 aromatic carbocycles. The van der Waals surface area contributed by atoms with Gasteiger partial charge in [-0.25, -0.2) is 4.98 Å². The Morgan fingerprint density at radius 3 is 3.05 bits per heavy atom. The summed E-state index contributed by atoms with van der Waals surface area (Å²) in [6, 6.07) is 7.59. The van der Waals surface area contributed by atoms with E-state index in [1.807, 2.05) is 29.2 Å². The molecule has 1 saturated heterocycles. The summed E-state index contributed by atoms with van der Waals surface area (Å²) in [7, 11) is 0. The van der Waals surface area contributed by atoms with Gasteiger partial charge in [0, 0.05) is 41.1 Å². The van der Waals surface area contributed by atoms with Crippen molar-refractivity contribution < 1.29 is 4.79 Å². The molecule has 0 saturated carbocycles. The van der Waals surface area contributed by atoms with Crippen LogP contribution in [0.5, 0.6) is 0 Å². The number of carbonyl (C=O) groups excluding carboxylic acids is 1. The number of hydrogen-bond donors (Lipinski definition) is 2. The zero-order chi connectivity index (χ0) is 14.1. The van der Waals surface area contributed by atoms with Crippen LogP contribution >= 0.6 is 15.9 Å². The minimum absolute atomic E-state index is 0.328. The first kappa shape index (κ1) is 13.3. The number of anilines is 1. The molecule has 0 radical (unpaired) electrons. The number of nitrogens with zero attached hydrogens (tertiary/aromatic N) is 2. The smallest absolute Gasteiger partial charge is 0.241 e. The monoisotopic (exact) mass is 334 g/mol. The standard InChI is InChI=1S/C14H15BrN4O/c15-11-3-1-2-10-9(11)4-5-18-14(10)19-7-6-17-8-12(19)13(16)20/h1-5,12,17H,6-8H2,(H2,16,20). The molecular weight excluding hydrogens is 320 g/mol. The van der Waals surface area contributed by atoms with E-state index in [2.05, 4.69) is 26.2 Å². The zero-order valence-corrected chi connectivity index (χ0v) is 12.4. The number of piperazine rings is 1. The number of amides is 1. The molecule has 104 valence electrons. The second-order valence-electron chi connectivity index (χ2n) is 4.79. The number of primary amides is 1. The van der Waals surface area contributed by atoms with Crippen LogP contribution in [0.4, 0.5) is 5.82 Å². The van der Waals surface area contributed by atoms with Crippen LogP contribution in [-0.2, 0) is 4.79 Å². The maximum absolute atomic E-state index is 11.6. The highest BCUT2D eigenvalue weighted by molar-refractivity contribution is 9.10. The van der Waals surface area contributed by atoms with Gasteiger partial charge in [0.1, 0.15) is 11.9 Å². The van der Waals surface area contributed by atoms with E-state index in [0.717, 1.165) is 27.6 Å². The number of benzene rings is 1. The molecule has 1 aromatic heterocycles. The quantitative estimate of drug-likeness (QED) is 0.867. The summed E-state index contributed by atoms with van der Waals surface area (Å²) in [6.45, 7) is 2.09. The number of fused-ring (bicyclic) bond motifs is 1. The van der Waals surface area contributed by atoms with E-state index >= 15 is 0 Å². The van der Waals surface area contributed by atoms with Crippen molar-refractivity contribution in [2.75, 3.05) is 24.5 Å². The topological polar surface area (TPSA) is 71.2 Å². The first-order chi connectivity index (χ1) is 9.68. The van der Waals surface area contributed by atoms with Crippen LogP contribution in [0.1, 0.15) is 0 Å². The molecule has 1 aliphatic heterocycles. The van der Waals surface area contributed by atoms with Gasteiger partial charge in [-0.3, -0.25) is 4.79 Å². The molecule has 1 unspecified atom stereocenters. The van der Waals surface area contributed by atoms with Gasteiger partial charge in [-0.15, -0.1) is 0 Å². The number of halogens is 1. The number of rotatable bonds is 2. The third kappa shape index (κ3) is 2.25. The van der Waals surface area contributed by atoms with Crippen LogP contribution in [0.3, 0.4) is 0 Å². The highest BCUT2D eigenvalue weighted by Gasteiger charge is 2.28. The Morgan fingerprint density at radius 1 is 1.40 bits per heavy atom. The second kappa shape index (κ2) is 5.38. The van der Waals surface area contributed by atoms with Gasteiger partial charge in [-0.1, -0.05) is 28.1 Å². The number of pyridine rings is 1. The van der Waals surface area contributed by atoms with Crippen LogP contribution < -0.4 is 16.0 Å². The third-order valence-corrected chi connectivity index (χ3v) is 4.27. The fourth-order valence-corrected chi connectivity index (χ4v) is 3.09. The molecule has 3 rings (SSSR count). The van der Waals surface area contributed by atoms with Crippen LogP contribution in [-0.4, -0.2) is 36.6 Å². The molecule has 0 spiro atoms. The second-order valence-corrected chi connectivity index (χ2v) is 5.64. The first-order valence-electron chi connectivity index (χ1n) is 6.48. The van der Waals surface area contributed by atoms with Gasteiger partial charge in [-0.2, -0.15) is 0 Å². The van der Waals surface area contributed by atoms with Gasteiger partial charge in [-0.05, 0) is 12.1 Å². The summed E-state index contributed by atoms with van der Waals surface area (Å²) in [5, 5.41) is 5.30. The predicted octanol–water partition coefficient (Wildman–Crippen LogP) is 1.26. The van der Waals surface area contributed by atoms with Gasteiger partial charge >= 0.3 is 0 Å². The van der Waals surface area contributed by atoms with E-state index in [0.29, 0.717) is 13.1 Å². The summed E-state index contributed by atoms with van der Waals surface area (Å²) in [5.74, 6) is 0.486. The van der Waals surface area contributed by atoms with E-state index in [1.165, 1.54) is 0 Å². The van der Waals surface area contributed by atoms with Gasteiger partial charge in [0.05, 0.1) is 0 Å². The van der Waals surface area contributed by atoms with E-state index < -0.39 is 0 Å².